The highest BCUT2D eigenvalue weighted by molar-refractivity contribution is 8.00. The van der Waals surface area contributed by atoms with Crippen molar-refractivity contribution in [2.45, 2.75) is 30.8 Å². The van der Waals surface area contributed by atoms with Crippen LogP contribution in [0.25, 0.3) is 0 Å². The fourth-order valence-corrected chi connectivity index (χ4v) is 5.65. The number of aliphatic carboxylic acids is 1. The standard InChI is InChI=1S/C21H23N7O6S2/c1-34-25-13(16-24-21(22)36-26-16)17(30)23-14-18(31)28-15(20(32)33)12(10-35-19(14)28)9-27-6-4-11(5-7-27)3-2-8-29/h4-7,14,19,29H,2-3,8-10H2,1H3,(H3-,22,23,24,26,30,32,33)/p+1/t14?,19-/m0/s1. The maximum absolute atomic E-state index is 13.0. The molecule has 2 amide bonds. The molecule has 13 nitrogen and oxygen atoms in total. The molecule has 0 bridgehead atoms. The highest BCUT2D eigenvalue weighted by Gasteiger charge is 2.54. The number of nitrogens with two attached hydrogens (primary N) is 1. The predicted octanol–water partition coefficient (Wildman–Crippen LogP) is -0.878. The van der Waals surface area contributed by atoms with E-state index in [1.807, 2.05) is 29.1 Å². The van der Waals surface area contributed by atoms with Gasteiger partial charge in [0.05, 0.1) is 0 Å². The number of nitrogen functional groups attached to an aromatic ring is 1. The highest BCUT2D eigenvalue weighted by atomic mass is 32.2. The molecule has 1 unspecified atom stereocenters. The van der Waals surface area contributed by atoms with Crippen LogP contribution in [-0.4, -0.2) is 78.9 Å². The minimum Gasteiger partial charge on any atom is -0.477 e. The molecule has 15 heteroatoms. The first-order valence-electron chi connectivity index (χ1n) is 10.8. The molecule has 1 fully saturated rings. The summed E-state index contributed by atoms with van der Waals surface area (Å²) in [4.78, 5) is 47.8. The van der Waals surface area contributed by atoms with Crippen molar-refractivity contribution >= 4 is 51.9 Å². The zero-order valence-corrected chi connectivity index (χ0v) is 20.8. The molecule has 0 radical (unpaired) electrons. The van der Waals surface area contributed by atoms with E-state index in [1.54, 1.807) is 0 Å². The quantitative estimate of drug-likeness (QED) is 0.129. The number of carboxylic acid groups (broad SMARTS) is 1. The van der Waals surface area contributed by atoms with Crippen molar-refractivity contribution in [3.05, 3.63) is 47.2 Å². The molecule has 0 spiro atoms. The molecule has 2 aliphatic rings. The summed E-state index contributed by atoms with van der Waals surface area (Å²) in [5.74, 6) is -2.16. The molecule has 2 aromatic rings. The van der Waals surface area contributed by atoms with E-state index in [2.05, 4.69) is 19.8 Å². The van der Waals surface area contributed by atoms with Crippen molar-refractivity contribution in [3.8, 4) is 0 Å². The number of thioether (sulfide) groups is 1. The van der Waals surface area contributed by atoms with E-state index in [0.29, 0.717) is 24.3 Å². The fourth-order valence-electron chi connectivity index (χ4n) is 3.88. The van der Waals surface area contributed by atoms with Gasteiger partial charge in [0.2, 0.25) is 11.5 Å². The van der Waals surface area contributed by atoms with E-state index in [9.17, 15) is 19.5 Å². The lowest BCUT2D eigenvalue weighted by Gasteiger charge is -2.49. The number of β-lactam (4-membered cyclic amide) rings is 1. The normalized spacial score (nSPS) is 19.6. The summed E-state index contributed by atoms with van der Waals surface area (Å²) in [7, 11) is 1.25. The van der Waals surface area contributed by atoms with Crippen LogP contribution in [-0.2, 0) is 32.2 Å². The summed E-state index contributed by atoms with van der Waals surface area (Å²) >= 11 is 2.24. The second kappa shape index (κ2) is 11.0. The van der Waals surface area contributed by atoms with Gasteiger partial charge in [-0.05, 0) is 18.4 Å². The third-order valence-electron chi connectivity index (χ3n) is 5.54. The highest BCUT2D eigenvalue weighted by Crippen LogP contribution is 2.40. The molecule has 36 heavy (non-hydrogen) atoms. The Hall–Kier alpha value is -3.56. The molecule has 5 N–H and O–H groups in total. The first-order chi connectivity index (χ1) is 17.3. The number of carboxylic acids is 1. The van der Waals surface area contributed by atoms with Crippen LogP contribution in [0.3, 0.4) is 0 Å². The van der Waals surface area contributed by atoms with Crippen LogP contribution in [0.5, 0.6) is 0 Å². The lowest BCUT2D eigenvalue weighted by Crippen LogP contribution is -2.71. The van der Waals surface area contributed by atoms with E-state index in [4.69, 9.17) is 15.7 Å². The topological polar surface area (TPSA) is 184 Å². The Balaban J connectivity index is 1.49. The van der Waals surface area contributed by atoms with Gasteiger partial charge in [0, 0.05) is 41.6 Å². The summed E-state index contributed by atoms with van der Waals surface area (Å²) in [6, 6.07) is 2.88. The molecular formula is C21H24N7O6S2+. The maximum atomic E-state index is 13.0. The smallest absolute Gasteiger partial charge is 0.352 e. The molecule has 4 rings (SSSR count). The number of hydrogen-bond acceptors (Lipinski definition) is 11. The molecule has 190 valence electrons. The number of carbonyl (C=O) groups excluding carboxylic acids is 2. The van der Waals surface area contributed by atoms with Crippen molar-refractivity contribution in [1.82, 2.24) is 19.6 Å². The van der Waals surface area contributed by atoms with E-state index in [-0.39, 0.29) is 29.0 Å². The number of nitrogens with zero attached hydrogens (tertiary/aromatic N) is 5. The summed E-state index contributed by atoms with van der Waals surface area (Å²) in [5, 5.41) is 24.7. The zero-order valence-electron chi connectivity index (χ0n) is 19.2. The van der Waals surface area contributed by atoms with Gasteiger partial charge in [0.1, 0.15) is 24.2 Å². The second-order valence-electron chi connectivity index (χ2n) is 7.90. The van der Waals surface area contributed by atoms with Crippen molar-refractivity contribution < 1.29 is 34.0 Å². The van der Waals surface area contributed by atoms with Crippen LogP contribution in [0.1, 0.15) is 17.8 Å². The van der Waals surface area contributed by atoms with Crippen LogP contribution >= 0.6 is 23.3 Å². The molecule has 4 heterocycles. The number of fused-ring (bicyclic) bond motifs is 1. The average Bonchev–Trinajstić information content (AvgIpc) is 3.30. The minimum atomic E-state index is -1.21. The van der Waals surface area contributed by atoms with Gasteiger partial charge in [0.15, 0.2) is 24.1 Å². The van der Waals surface area contributed by atoms with E-state index < -0.39 is 29.2 Å². The second-order valence-corrected chi connectivity index (χ2v) is 9.79. The SMILES string of the molecule is CON=C(C(=O)NC1C(=O)N2C(C(=O)O)=C(C[n+]3ccc(CCCO)cc3)CS[C@@H]12)c1nsc(N)n1. The van der Waals surface area contributed by atoms with E-state index >= 15 is 0 Å². The van der Waals surface area contributed by atoms with Crippen molar-refractivity contribution in [2.24, 2.45) is 5.16 Å². The summed E-state index contributed by atoms with van der Waals surface area (Å²) in [6.45, 7) is 0.411. The summed E-state index contributed by atoms with van der Waals surface area (Å²) in [6.07, 6.45) is 5.09. The zero-order chi connectivity index (χ0) is 25.8. The minimum absolute atomic E-state index is 0.0374. The van der Waals surface area contributed by atoms with Gasteiger partial charge in [-0.3, -0.25) is 14.5 Å². The van der Waals surface area contributed by atoms with Crippen molar-refractivity contribution in [3.63, 3.8) is 0 Å². The number of carbonyl (C=O) groups is 3. The number of aryl methyl sites for hydroxylation is 1. The van der Waals surface area contributed by atoms with Gasteiger partial charge in [-0.15, -0.1) is 11.8 Å². The fraction of sp³-hybridized carbons (Fsp3) is 0.381. The van der Waals surface area contributed by atoms with Gasteiger partial charge in [-0.25, -0.2) is 9.36 Å². The maximum Gasteiger partial charge on any atom is 0.352 e. The monoisotopic (exact) mass is 534 g/mol. The predicted molar refractivity (Wildman–Crippen MR) is 130 cm³/mol. The number of aromatic nitrogens is 3. The van der Waals surface area contributed by atoms with Gasteiger partial charge in [-0.2, -0.15) is 9.36 Å². The Morgan fingerprint density at radius 3 is 2.75 bits per heavy atom. The molecule has 2 atom stereocenters. The molecule has 0 aromatic carbocycles. The van der Waals surface area contributed by atoms with Gasteiger partial charge in [-0.1, -0.05) is 5.16 Å². The van der Waals surface area contributed by atoms with Crippen molar-refractivity contribution in [1.29, 1.82) is 0 Å². The number of rotatable bonds is 10. The molecule has 1 saturated heterocycles. The molecule has 0 aliphatic carbocycles. The molecule has 2 aromatic heterocycles. The van der Waals surface area contributed by atoms with Crippen LogP contribution < -0.4 is 15.6 Å². The van der Waals surface area contributed by atoms with E-state index in [0.717, 1.165) is 23.5 Å². The Kier molecular flexibility index (Phi) is 7.81. The average molecular weight is 535 g/mol. The number of oxime groups is 1. The molecular weight excluding hydrogens is 510 g/mol. The molecule has 2 aliphatic heterocycles. The lowest BCUT2D eigenvalue weighted by molar-refractivity contribution is -0.689. The van der Waals surface area contributed by atoms with Crippen LogP contribution in [0.4, 0.5) is 5.13 Å². The number of nitrogens with one attached hydrogen (secondary N) is 1. The first-order valence-corrected chi connectivity index (χ1v) is 12.7. The summed E-state index contributed by atoms with van der Waals surface area (Å²) < 4.78 is 5.79. The number of aliphatic hydroxyl groups is 1. The van der Waals surface area contributed by atoms with Crippen LogP contribution in [0.2, 0.25) is 0 Å². The third kappa shape index (κ3) is 5.17. The Bertz CT molecular complexity index is 1230. The Morgan fingerprint density at radius 1 is 1.39 bits per heavy atom. The molecule has 0 saturated carbocycles. The van der Waals surface area contributed by atoms with Crippen molar-refractivity contribution in [2.75, 3.05) is 25.2 Å². The number of amides is 2. The number of hydrogen-bond donors (Lipinski definition) is 4. The Labute approximate surface area is 213 Å². The number of aliphatic hydroxyl groups excluding tert-OH is 1. The van der Waals surface area contributed by atoms with Crippen LogP contribution in [0.15, 0.2) is 41.0 Å². The Morgan fingerprint density at radius 2 is 2.14 bits per heavy atom. The van der Waals surface area contributed by atoms with Gasteiger partial charge >= 0.3 is 5.97 Å². The van der Waals surface area contributed by atoms with Gasteiger partial charge in [0.25, 0.3) is 11.8 Å². The largest absolute Gasteiger partial charge is 0.477 e. The first kappa shape index (κ1) is 25.5. The van der Waals surface area contributed by atoms with Gasteiger partial charge < -0.3 is 26.1 Å². The van der Waals surface area contributed by atoms with Crippen LogP contribution in [0, 0.1) is 0 Å². The van der Waals surface area contributed by atoms with E-state index in [1.165, 1.54) is 23.8 Å². The lowest BCUT2D eigenvalue weighted by atomic mass is 10.0. The number of pyridine rings is 1. The number of anilines is 1. The summed E-state index contributed by atoms with van der Waals surface area (Å²) in [5.41, 5.74) is 6.90. The third-order valence-corrected chi connectivity index (χ3v) is 7.43.